The van der Waals surface area contributed by atoms with Crippen LogP contribution < -0.4 is 5.32 Å². The second kappa shape index (κ2) is 6.73. The van der Waals surface area contributed by atoms with Crippen LogP contribution in [0.2, 0.25) is 0 Å². The lowest BCUT2D eigenvalue weighted by atomic mass is 10.3. The van der Waals surface area contributed by atoms with Crippen molar-refractivity contribution in [1.82, 2.24) is 25.1 Å². The number of benzene rings is 1. The Labute approximate surface area is 136 Å². The van der Waals surface area contributed by atoms with E-state index in [1.165, 1.54) is 29.2 Å². The maximum absolute atomic E-state index is 12.0. The van der Waals surface area contributed by atoms with E-state index in [4.69, 9.17) is 4.42 Å². The Morgan fingerprint density at radius 3 is 2.67 bits per heavy atom. The van der Waals surface area contributed by atoms with Crippen LogP contribution in [0.15, 0.2) is 53.4 Å². The number of carbonyl (C=O) groups excluding carboxylic acids is 2. The third kappa shape index (κ3) is 3.46. The van der Waals surface area contributed by atoms with Gasteiger partial charge < -0.3 is 14.6 Å². The first-order valence-electron chi connectivity index (χ1n) is 7.06. The summed E-state index contributed by atoms with van der Waals surface area (Å²) in [5, 5.41) is 13.6. The number of hydrogen-bond donors (Lipinski definition) is 1. The van der Waals surface area contributed by atoms with Crippen molar-refractivity contribution >= 4 is 17.5 Å². The Kier molecular flexibility index (Phi) is 4.32. The first-order chi connectivity index (χ1) is 11.6. The molecule has 2 amide bonds. The highest BCUT2D eigenvalue weighted by atomic mass is 16.3. The molecule has 3 rings (SSSR count). The summed E-state index contributed by atoms with van der Waals surface area (Å²) in [7, 11) is 1.53. The maximum atomic E-state index is 12.0. The van der Waals surface area contributed by atoms with Gasteiger partial charge in [-0.05, 0) is 46.8 Å². The molecule has 1 N–H and O–H groups in total. The predicted molar refractivity (Wildman–Crippen MR) is 83.5 cm³/mol. The van der Waals surface area contributed by atoms with E-state index in [0.717, 1.165) is 5.69 Å². The van der Waals surface area contributed by atoms with Crippen molar-refractivity contribution in [3.05, 3.63) is 54.7 Å². The summed E-state index contributed by atoms with van der Waals surface area (Å²) in [5.41, 5.74) is 1.37. The molecule has 122 valence electrons. The molecule has 0 aliphatic heterocycles. The molecule has 2 aromatic heterocycles. The number of aromatic nitrogens is 4. The quantitative estimate of drug-likeness (QED) is 0.748. The van der Waals surface area contributed by atoms with Crippen molar-refractivity contribution < 1.29 is 14.0 Å². The minimum Gasteiger partial charge on any atom is -0.459 e. The van der Waals surface area contributed by atoms with E-state index in [0.29, 0.717) is 5.69 Å². The fraction of sp³-hybridized carbons (Fsp3) is 0.133. The molecule has 9 heteroatoms. The third-order valence-electron chi connectivity index (χ3n) is 3.22. The summed E-state index contributed by atoms with van der Waals surface area (Å²) in [6.07, 6.45) is 2.89. The predicted octanol–water partition coefficient (Wildman–Crippen LogP) is 0.966. The van der Waals surface area contributed by atoms with Crippen LogP contribution >= 0.6 is 0 Å². The van der Waals surface area contributed by atoms with Gasteiger partial charge in [-0.1, -0.05) is 0 Å². The van der Waals surface area contributed by atoms with Crippen LogP contribution in [0.3, 0.4) is 0 Å². The van der Waals surface area contributed by atoms with Gasteiger partial charge in [0.25, 0.3) is 5.91 Å². The number of hydrogen-bond acceptors (Lipinski definition) is 6. The van der Waals surface area contributed by atoms with E-state index in [-0.39, 0.29) is 24.1 Å². The van der Waals surface area contributed by atoms with Crippen molar-refractivity contribution in [3.8, 4) is 5.69 Å². The lowest BCUT2D eigenvalue weighted by molar-refractivity contribution is -0.116. The van der Waals surface area contributed by atoms with Crippen molar-refractivity contribution in [1.29, 1.82) is 0 Å². The molecule has 0 radical (unpaired) electrons. The first-order valence-corrected chi connectivity index (χ1v) is 7.06. The monoisotopic (exact) mass is 326 g/mol. The summed E-state index contributed by atoms with van der Waals surface area (Å²) < 4.78 is 6.52. The Morgan fingerprint density at radius 2 is 2.04 bits per heavy atom. The topological polar surface area (TPSA) is 106 Å². The highest BCUT2D eigenvalue weighted by molar-refractivity contribution is 5.97. The van der Waals surface area contributed by atoms with Gasteiger partial charge in [-0.2, -0.15) is 0 Å². The Hall–Kier alpha value is -3.49. The zero-order valence-corrected chi connectivity index (χ0v) is 12.8. The molecular weight excluding hydrogens is 312 g/mol. The van der Waals surface area contributed by atoms with Gasteiger partial charge in [0.05, 0.1) is 18.5 Å². The average Bonchev–Trinajstić information content (AvgIpc) is 3.28. The van der Waals surface area contributed by atoms with Crippen LogP contribution in [0.1, 0.15) is 10.6 Å². The van der Waals surface area contributed by atoms with Crippen LogP contribution in [0.25, 0.3) is 5.69 Å². The smallest absolute Gasteiger partial charge is 0.289 e. The normalized spacial score (nSPS) is 10.4. The Morgan fingerprint density at radius 1 is 1.25 bits per heavy atom. The number of rotatable bonds is 5. The average molecular weight is 326 g/mol. The summed E-state index contributed by atoms with van der Waals surface area (Å²) in [6, 6.07) is 10.2. The Bertz CT molecular complexity index is 812. The summed E-state index contributed by atoms with van der Waals surface area (Å²) >= 11 is 0. The highest BCUT2D eigenvalue weighted by Crippen LogP contribution is 2.12. The number of nitrogens with one attached hydrogen (secondary N) is 1. The molecule has 0 aliphatic carbocycles. The van der Waals surface area contributed by atoms with E-state index in [1.54, 1.807) is 36.4 Å². The minimum atomic E-state index is -0.357. The van der Waals surface area contributed by atoms with Crippen LogP contribution in [-0.4, -0.2) is 50.5 Å². The lowest BCUT2D eigenvalue weighted by Gasteiger charge is -2.15. The van der Waals surface area contributed by atoms with Crippen molar-refractivity contribution in [2.45, 2.75) is 0 Å². The van der Waals surface area contributed by atoms with Gasteiger partial charge in [-0.3, -0.25) is 9.59 Å². The number of likely N-dealkylation sites (N-methyl/N-ethyl adjacent to an activating group) is 1. The summed E-state index contributed by atoms with van der Waals surface area (Å²) in [6.45, 7) is -0.0890. The Balaban J connectivity index is 1.57. The van der Waals surface area contributed by atoms with Crippen LogP contribution in [0, 0.1) is 0 Å². The molecule has 0 saturated heterocycles. The minimum absolute atomic E-state index is 0.0890. The number of tetrazole rings is 1. The lowest BCUT2D eigenvalue weighted by Crippen LogP contribution is -2.34. The molecule has 3 aromatic rings. The van der Waals surface area contributed by atoms with Crippen LogP contribution in [-0.2, 0) is 4.79 Å². The van der Waals surface area contributed by atoms with Gasteiger partial charge in [-0.15, -0.1) is 5.10 Å². The highest BCUT2D eigenvalue weighted by Gasteiger charge is 2.17. The molecule has 0 unspecified atom stereocenters. The molecular formula is C15H14N6O3. The number of amides is 2. The van der Waals surface area contributed by atoms with E-state index in [2.05, 4.69) is 20.8 Å². The number of nitrogens with zero attached hydrogens (tertiary/aromatic N) is 5. The van der Waals surface area contributed by atoms with Gasteiger partial charge >= 0.3 is 0 Å². The second-order valence-electron chi connectivity index (χ2n) is 4.99. The zero-order chi connectivity index (χ0) is 16.9. The fourth-order valence-electron chi connectivity index (χ4n) is 2.05. The maximum Gasteiger partial charge on any atom is 0.289 e. The van der Waals surface area contributed by atoms with E-state index >= 15 is 0 Å². The molecule has 0 spiro atoms. The number of anilines is 1. The van der Waals surface area contributed by atoms with E-state index in [9.17, 15) is 9.59 Å². The molecule has 0 aliphatic rings. The second-order valence-corrected chi connectivity index (χ2v) is 4.99. The third-order valence-corrected chi connectivity index (χ3v) is 3.22. The van der Waals surface area contributed by atoms with Crippen LogP contribution in [0.5, 0.6) is 0 Å². The molecule has 9 nitrogen and oxygen atoms in total. The molecule has 0 fully saturated rings. The van der Waals surface area contributed by atoms with Gasteiger partial charge in [0.1, 0.15) is 6.33 Å². The van der Waals surface area contributed by atoms with Gasteiger partial charge in [0.2, 0.25) is 5.91 Å². The van der Waals surface area contributed by atoms with Crippen molar-refractivity contribution in [2.75, 3.05) is 18.9 Å². The van der Waals surface area contributed by atoms with Gasteiger partial charge in [0.15, 0.2) is 5.76 Å². The molecule has 0 atom stereocenters. The van der Waals surface area contributed by atoms with Crippen molar-refractivity contribution in [2.24, 2.45) is 0 Å². The first kappa shape index (κ1) is 15.4. The van der Waals surface area contributed by atoms with Gasteiger partial charge in [0, 0.05) is 12.7 Å². The van der Waals surface area contributed by atoms with Gasteiger partial charge in [-0.25, -0.2) is 4.68 Å². The van der Waals surface area contributed by atoms with E-state index in [1.807, 2.05) is 0 Å². The fourth-order valence-corrected chi connectivity index (χ4v) is 2.05. The SMILES string of the molecule is CN(CC(=O)Nc1ccc(-n2cnnn2)cc1)C(=O)c1ccco1. The molecule has 24 heavy (non-hydrogen) atoms. The summed E-state index contributed by atoms with van der Waals surface area (Å²) in [4.78, 5) is 25.3. The van der Waals surface area contributed by atoms with Crippen molar-refractivity contribution in [3.63, 3.8) is 0 Å². The standard InChI is InChI=1S/C15H14N6O3/c1-20(15(23)13-3-2-8-24-13)9-14(22)17-11-4-6-12(7-5-11)21-10-16-18-19-21/h2-8,10H,9H2,1H3,(H,17,22). The number of carbonyl (C=O) groups is 2. The number of furan rings is 1. The van der Waals surface area contributed by atoms with Crippen LogP contribution in [0.4, 0.5) is 5.69 Å². The molecule has 0 bridgehead atoms. The molecule has 0 saturated carbocycles. The zero-order valence-electron chi connectivity index (χ0n) is 12.8. The summed E-state index contributed by atoms with van der Waals surface area (Å²) in [5.74, 6) is -0.479. The molecule has 1 aromatic carbocycles. The van der Waals surface area contributed by atoms with E-state index < -0.39 is 0 Å². The largest absolute Gasteiger partial charge is 0.459 e. The molecule has 2 heterocycles.